The number of alkyl carbamates (subject to hydrolysis) is 1. The molecule has 1 fully saturated rings. The van der Waals surface area contributed by atoms with Crippen LogP contribution in [0.5, 0.6) is 0 Å². The Morgan fingerprint density at radius 3 is 2.52 bits per heavy atom. The molecule has 0 aromatic heterocycles. The second-order valence-corrected chi connectivity index (χ2v) is 5.36. The van der Waals surface area contributed by atoms with E-state index in [-0.39, 0.29) is 6.61 Å². The number of carboxylic acids is 1. The standard InChI is InChI=1S/C16H21NO6/c1-21-16(7-9-22-10-8-16)13(14(18)19)17-15(20)23-11-12-5-3-2-4-6-12/h2-6,13H,7-11H2,1H3,(H,17,20)(H,18,19). The Bertz CT molecular complexity index is 527. The summed E-state index contributed by atoms with van der Waals surface area (Å²) in [4.78, 5) is 23.5. The van der Waals surface area contributed by atoms with Crippen LogP contribution in [-0.2, 0) is 25.6 Å². The highest BCUT2D eigenvalue weighted by Crippen LogP contribution is 2.28. The van der Waals surface area contributed by atoms with Gasteiger partial charge in [-0.05, 0) is 5.56 Å². The summed E-state index contributed by atoms with van der Waals surface area (Å²) >= 11 is 0. The third-order valence-electron chi connectivity index (χ3n) is 3.99. The summed E-state index contributed by atoms with van der Waals surface area (Å²) in [5, 5.41) is 11.9. The van der Waals surface area contributed by atoms with Gasteiger partial charge in [0, 0.05) is 33.2 Å². The van der Waals surface area contributed by atoms with Crippen LogP contribution in [0.4, 0.5) is 4.79 Å². The largest absolute Gasteiger partial charge is 0.480 e. The van der Waals surface area contributed by atoms with Crippen LogP contribution in [0.1, 0.15) is 18.4 Å². The Hall–Kier alpha value is -2.12. The van der Waals surface area contributed by atoms with Gasteiger partial charge in [-0.1, -0.05) is 30.3 Å². The molecule has 0 aliphatic carbocycles. The molecular weight excluding hydrogens is 302 g/mol. The van der Waals surface area contributed by atoms with Crippen LogP contribution in [0.2, 0.25) is 0 Å². The van der Waals surface area contributed by atoms with Crippen LogP contribution >= 0.6 is 0 Å². The molecule has 0 saturated carbocycles. The fourth-order valence-corrected chi connectivity index (χ4v) is 2.63. The van der Waals surface area contributed by atoms with Gasteiger partial charge in [0.1, 0.15) is 12.2 Å². The van der Waals surface area contributed by atoms with E-state index in [2.05, 4.69) is 5.32 Å². The molecule has 1 aliphatic heterocycles. The summed E-state index contributed by atoms with van der Waals surface area (Å²) in [6.45, 7) is 0.846. The van der Waals surface area contributed by atoms with E-state index in [1.165, 1.54) is 7.11 Å². The normalized spacial score (nSPS) is 18.0. The molecule has 1 atom stereocenters. The van der Waals surface area contributed by atoms with E-state index in [1.54, 1.807) is 0 Å². The summed E-state index contributed by atoms with van der Waals surface area (Å²) in [7, 11) is 1.44. The molecule has 7 nitrogen and oxygen atoms in total. The minimum atomic E-state index is -1.19. The predicted molar refractivity (Wildman–Crippen MR) is 81.0 cm³/mol. The van der Waals surface area contributed by atoms with Gasteiger partial charge < -0.3 is 24.6 Å². The van der Waals surface area contributed by atoms with Crippen molar-refractivity contribution in [1.29, 1.82) is 0 Å². The summed E-state index contributed by atoms with van der Waals surface area (Å²) < 4.78 is 15.8. The van der Waals surface area contributed by atoms with E-state index in [4.69, 9.17) is 14.2 Å². The summed E-state index contributed by atoms with van der Waals surface area (Å²) in [6, 6.07) is 7.96. The number of hydrogen-bond acceptors (Lipinski definition) is 5. The quantitative estimate of drug-likeness (QED) is 0.825. The van der Waals surface area contributed by atoms with Crippen molar-refractivity contribution in [1.82, 2.24) is 5.32 Å². The third-order valence-corrected chi connectivity index (χ3v) is 3.99. The lowest BCUT2D eigenvalue weighted by Gasteiger charge is -2.40. The highest BCUT2D eigenvalue weighted by Gasteiger charge is 2.46. The van der Waals surface area contributed by atoms with Crippen LogP contribution in [0.15, 0.2) is 30.3 Å². The van der Waals surface area contributed by atoms with Gasteiger partial charge in [-0.2, -0.15) is 0 Å². The summed E-state index contributed by atoms with van der Waals surface area (Å²) in [5.74, 6) is -1.16. The third kappa shape index (κ3) is 4.43. The number of carboxylic acid groups (broad SMARTS) is 1. The molecular formula is C16H21NO6. The molecule has 2 rings (SSSR count). The van der Waals surface area contributed by atoms with E-state index in [9.17, 15) is 14.7 Å². The SMILES string of the molecule is COC1(C(NC(=O)OCc2ccccc2)C(=O)O)CCOCC1. The van der Waals surface area contributed by atoms with Crippen LogP contribution in [0, 0.1) is 0 Å². The summed E-state index contributed by atoms with van der Waals surface area (Å²) in [6.07, 6.45) is -0.0112. The van der Waals surface area contributed by atoms with Crippen molar-refractivity contribution in [2.75, 3.05) is 20.3 Å². The molecule has 23 heavy (non-hydrogen) atoms. The molecule has 1 unspecified atom stereocenters. The molecule has 7 heteroatoms. The van der Waals surface area contributed by atoms with Crippen molar-refractivity contribution < 1.29 is 28.9 Å². The highest BCUT2D eigenvalue weighted by molar-refractivity contribution is 5.81. The minimum Gasteiger partial charge on any atom is -0.480 e. The van der Waals surface area contributed by atoms with E-state index >= 15 is 0 Å². The van der Waals surface area contributed by atoms with E-state index < -0.39 is 23.7 Å². The highest BCUT2D eigenvalue weighted by atomic mass is 16.6. The molecule has 0 spiro atoms. The Balaban J connectivity index is 1.98. The smallest absolute Gasteiger partial charge is 0.408 e. The van der Waals surface area contributed by atoms with Gasteiger partial charge >= 0.3 is 12.1 Å². The lowest BCUT2D eigenvalue weighted by Crippen LogP contribution is -2.60. The number of nitrogens with one attached hydrogen (secondary N) is 1. The number of ether oxygens (including phenoxy) is 3. The van der Waals surface area contributed by atoms with Crippen molar-refractivity contribution in [3.05, 3.63) is 35.9 Å². The van der Waals surface area contributed by atoms with Gasteiger partial charge in [-0.15, -0.1) is 0 Å². The Kier molecular flexibility index (Phi) is 5.95. The molecule has 1 saturated heterocycles. The molecule has 0 bridgehead atoms. The molecule has 126 valence electrons. The molecule has 1 aromatic carbocycles. The molecule has 1 heterocycles. The van der Waals surface area contributed by atoms with Gasteiger partial charge in [-0.3, -0.25) is 0 Å². The first-order valence-corrected chi connectivity index (χ1v) is 7.40. The van der Waals surface area contributed by atoms with Gasteiger partial charge in [0.05, 0.1) is 0 Å². The van der Waals surface area contributed by atoms with Crippen LogP contribution in [-0.4, -0.2) is 49.1 Å². The molecule has 1 aromatic rings. The van der Waals surface area contributed by atoms with Crippen molar-refractivity contribution in [2.24, 2.45) is 0 Å². The first-order valence-electron chi connectivity index (χ1n) is 7.40. The molecule has 1 aliphatic rings. The monoisotopic (exact) mass is 323 g/mol. The van der Waals surface area contributed by atoms with Gasteiger partial charge in [0.2, 0.25) is 0 Å². The average molecular weight is 323 g/mol. The number of rotatable bonds is 6. The average Bonchev–Trinajstić information content (AvgIpc) is 2.59. The van der Waals surface area contributed by atoms with E-state index in [0.717, 1.165) is 5.56 Å². The topological polar surface area (TPSA) is 94.1 Å². The maximum Gasteiger partial charge on any atom is 0.408 e. The Morgan fingerprint density at radius 2 is 1.96 bits per heavy atom. The fraction of sp³-hybridized carbons (Fsp3) is 0.500. The van der Waals surface area contributed by atoms with E-state index in [0.29, 0.717) is 26.1 Å². The zero-order valence-corrected chi connectivity index (χ0v) is 13.0. The fourth-order valence-electron chi connectivity index (χ4n) is 2.63. The zero-order valence-electron chi connectivity index (χ0n) is 13.0. The number of benzene rings is 1. The second kappa shape index (κ2) is 7.94. The number of amides is 1. The van der Waals surface area contributed by atoms with Crippen LogP contribution in [0.25, 0.3) is 0 Å². The van der Waals surface area contributed by atoms with Crippen molar-refractivity contribution in [2.45, 2.75) is 31.1 Å². The van der Waals surface area contributed by atoms with Crippen molar-refractivity contribution >= 4 is 12.1 Å². The maximum absolute atomic E-state index is 11.9. The van der Waals surface area contributed by atoms with Gasteiger partial charge in [0.25, 0.3) is 0 Å². The maximum atomic E-state index is 11.9. The lowest BCUT2D eigenvalue weighted by molar-refractivity contribution is -0.157. The van der Waals surface area contributed by atoms with Crippen molar-refractivity contribution in [3.63, 3.8) is 0 Å². The van der Waals surface area contributed by atoms with Crippen LogP contribution in [0.3, 0.4) is 0 Å². The van der Waals surface area contributed by atoms with Crippen LogP contribution < -0.4 is 5.32 Å². The molecule has 2 N–H and O–H groups in total. The Labute approximate surface area is 134 Å². The molecule has 0 radical (unpaired) electrons. The predicted octanol–water partition coefficient (Wildman–Crippen LogP) is 1.56. The number of carbonyl (C=O) groups excluding carboxylic acids is 1. The molecule has 1 amide bonds. The number of methoxy groups -OCH3 is 1. The second-order valence-electron chi connectivity index (χ2n) is 5.36. The Morgan fingerprint density at radius 1 is 1.30 bits per heavy atom. The lowest BCUT2D eigenvalue weighted by atomic mass is 9.86. The summed E-state index contributed by atoms with van der Waals surface area (Å²) in [5.41, 5.74) is -0.169. The van der Waals surface area contributed by atoms with Gasteiger partial charge in [0.15, 0.2) is 6.04 Å². The number of hydrogen-bond donors (Lipinski definition) is 2. The first-order chi connectivity index (χ1) is 11.1. The number of aliphatic carboxylic acids is 1. The van der Waals surface area contributed by atoms with Gasteiger partial charge in [-0.25, -0.2) is 9.59 Å². The zero-order chi connectivity index (χ0) is 16.7. The first kappa shape index (κ1) is 17.2. The van der Waals surface area contributed by atoms with E-state index in [1.807, 2.05) is 30.3 Å². The number of carbonyl (C=O) groups is 2. The minimum absolute atomic E-state index is 0.0715. The van der Waals surface area contributed by atoms with Crippen molar-refractivity contribution in [3.8, 4) is 0 Å².